The van der Waals surface area contributed by atoms with Gasteiger partial charge in [0, 0.05) is 45.3 Å². The number of hydrogen-bond acceptors (Lipinski definition) is 3. The molecule has 1 aromatic heterocycles. The standard InChI is InChI=1S/C25H33N3OS/c1-6-23-21(13-14-28(5)17(3)4)22-16-19(11-12-24(22)27-23)26-25(29)18-9-8-10-20(15-18)30-7-2/h8-12,15-17,27H,6-7,13-14H2,1-5H3,(H,26,29). The molecule has 0 aliphatic heterocycles. The fourth-order valence-corrected chi connectivity index (χ4v) is 4.33. The van der Waals surface area contributed by atoms with Crippen LogP contribution < -0.4 is 5.32 Å². The van der Waals surface area contributed by atoms with Gasteiger partial charge in [0.15, 0.2) is 0 Å². The Hall–Kier alpha value is -2.24. The lowest BCUT2D eigenvalue weighted by molar-refractivity contribution is 0.102. The summed E-state index contributed by atoms with van der Waals surface area (Å²) < 4.78 is 0. The molecule has 2 N–H and O–H groups in total. The number of rotatable bonds is 9. The third-order valence-corrected chi connectivity index (χ3v) is 6.49. The van der Waals surface area contributed by atoms with Gasteiger partial charge in [-0.3, -0.25) is 4.79 Å². The minimum Gasteiger partial charge on any atom is -0.358 e. The summed E-state index contributed by atoms with van der Waals surface area (Å²) in [5.74, 6) is 0.921. The van der Waals surface area contributed by atoms with Crippen molar-refractivity contribution >= 4 is 34.3 Å². The third kappa shape index (κ3) is 5.27. The van der Waals surface area contributed by atoms with Crippen molar-refractivity contribution < 1.29 is 4.79 Å². The molecular formula is C25H33N3OS. The first kappa shape index (κ1) is 22.4. The van der Waals surface area contributed by atoms with Gasteiger partial charge >= 0.3 is 0 Å². The number of likely N-dealkylation sites (N-methyl/N-ethyl adjacent to an activating group) is 1. The van der Waals surface area contributed by atoms with Crippen molar-refractivity contribution in [2.24, 2.45) is 0 Å². The number of amides is 1. The predicted octanol–water partition coefficient (Wildman–Crippen LogP) is 5.98. The SMILES string of the molecule is CCSc1cccc(C(=O)Nc2ccc3[nH]c(CC)c(CCN(C)C(C)C)c3c2)c1. The molecule has 160 valence electrons. The number of carbonyl (C=O) groups is 1. The highest BCUT2D eigenvalue weighted by Gasteiger charge is 2.14. The van der Waals surface area contributed by atoms with Gasteiger partial charge in [-0.25, -0.2) is 0 Å². The van der Waals surface area contributed by atoms with Crippen molar-refractivity contribution in [3.63, 3.8) is 0 Å². The molecule has 2 aromatic carbocycles. The second kappa shape index (κ2) is 10.2. The fraction of sp³-hybridized carbons (Fsp3) is 0.400. The number of aromatic amines is 1. The number of nitrogens with zero attached hydrogens (tertiary/aromatic N) is 1. The molecule has 0 saturated carbocycles. The summed E-state index contributed by atoms with van der Waals surface area (Å²) in [5.41, 5.74) is 5.30. The Morgan fingerprint density at radius 2 is 1.97 bits per heavy atom. The maximum atomic E-state index is 12.8. The highest BCUT2D eigenvalue weighted by Crippen LogP contribution is 2.27. The van der Waals surface area contributed by atoms with Crippen LogP contribution in [0.3, 0.4) is 0 Å². The first-order valence-corrected chi connectivity index (χ1v) is 11.8. The topological polar surface area (TPSA) is 48.1 Å². The Kier molecular flexibility index (Phi) is 7.62. The van der Waals surface area contributed by atoms with E-state index in [0.29, 0.717) is 11.6 Å². The van der Waals surface area contributed by atoms with Crippen LogP contribution in [0.4, 0.5) is 5.69 Å². The fourth-order valence-electron chi connectivity index (χ4n) is 3.61. The quantitative estimate of drug-likeness (QED) is 0.416. The van der Waals surface area contributed by atoms with Crippen LogP contribution in [0, 0.1) is 0 Å². The van der Waals surface area contributed by atoms with Crippen molar-refractivity contribution in [2.75, 3.05) is 24.7 Å². The lowest BCUT2D eigenvalue weighted by Gasteiger charge is -2.21. The zero-order chi connectivity index (χ0) is 21.7. The number of benzene rings is 2. The Bertz CT molecular complexity index is 1010. The number of carbonyl (C=O) groups excluding carboxylic acids is 1. The van der Waals surface area contributed by atoms with Gasteiger partial charge in [-0.15, -0.1) is 11.8 Å². The van der Waals surface area contributed by atoms with E-state index in [2.05, 4.69) is 62.1 Å². The molecule has 0 aliphatic carbocycles. The van der Waals surface area contributed by atoms with Crippen LogP contribution in [0.5, 0.6) is 0 Å². The number of aryl methyl sites for hydroxylation is 1. The molecule has 0 atom stereocenters. The monoisotopic (exact) mass is 423 g/mol. The molecule has 0 saturated heterocycles. The number of aromatic nitrogens is 1. The molecule has 1 heterocycles. The molecule has 30 heavy (non-hydrogen) atoms. The first-order chi connectivity index (χ1) is 14.4. The molecule has 0 aliphatic rings. The van der Waals surface area contributed by atoms with Crippen LogP contribution in [0.2, 0.25) is 0 Å². The van der Waals surface area contributed by atoms with E-state index in [0.717, 1.165) is 41.2 Å². The predicted molar refractivity (Wildman–Crippen MR) is 130 cm³/mol. The van der Waals surface area contributed by atoms with E-state index in [1.165, 1.54) is 16.6 Å². The normalized spacial score (nSPS) is 11.6. The Labute approximate surface area is 184 Å². The number of hydrogen-bond donors (Lipinski definition) is 2. The van der Waals surface area contributed by atoms with Gasteiger partial charge in [0.05, 0.1) is 0 Å². The maximum Gasteiger partial charge on any atom is 0.255 e. The molecule has 3 rings (SSSR count). The second-order valence-corrected chi connectivity index (χ2v) is 9.27. The Morgan fingerprint density at radius 3 is 2.67 bits per heavy atom. The minimum atomic E-state index is -0.0692. The van der Waals surface area contributed by atoms with Gasteiger partial charge < -0.3 is 15.2 Å². The molecule has 3 aromatic rings. The number of anilines is 1. The van der Waals surface area contributed by atoms with Crippen molar-refractivity contribution in [1.29, 1.82) is 0 Å². The molecular weight excluding hydrogens is 390 g/mol. The van der Waals surface area contributed by atoms with Crippen LogP contribution in [0.15, 0.2) is 47.4 Å². The number of H-pyrrole nitrogens is 1. The van der Waals surface area contributed by atoms with Crippen molar-refractivity contribution in [2.45, 2.75) is 51.5 Å². The Balaban J connectivity index is 1.84. The van der Waals surface area contributed by atoms with E-state index < -0.39 is 0 Å². The molecule has 1 amide bonds. The van der Waals surface area contributed by atoms with E-state index >= 15 is 0 Å². The lowest BCUT2D eigenvalue weighted by Crippen LogP contribution is -2.28. The molecule has 0 unspecified atom stereocenters. The molecule has 0 bridgehead atoms. The smallest absolute Gasteiger partial charge is 0.255 e. The number of fused-ring (bicyclic) bond motifs is 1. The first-order valence-electron chi connectivity index (χ1n) is 10.8. The van der Waals surface area contributed by atoms with E-state index in [1.807, 2.05) is 30.3 Å². The van der Waals surface area contributed by atoms with Crippen LogP contribution in [0.1, 0.15) is 49.3 Å². The third-order valence-electron chi connectivity index (χ3n) is 5.61. The number of thioether (sulfide) groups is 1. The van der Waals surface area contributed by atoms with E-state index in [9.17, 15) is 4.79 Å². The average Bonchev–Trinajstić information content (AvgIpc) is 3.09. The molecule has 0 spiro atoms. The van der Waals surface area contributed by atoms with E-state index in [4.69, 9.17) is 0 Å². The molecule has 0 radical (unpaired) electrons. The van der Waals surface area contributed by atoms with Crippen LogP contribution in [-0.2, 0) is 12.8 Å². The highest BCUT2D eigenvalue weighted by atomic mass is 32.2. The summed E-state index contributed by atoms with van der Waals surface area (Å²) in [4.78, 5) is 19.9. The summed E-state index contributed by atoms with van der Waals surface area (Å²) in [7, 11) is 2.17. The van der Waals surface area contributed by atoms with Gasteiger partial charge in [0.25, 0.3) is 5.91 Å². The van der Waals surface area contributed by atoms with Gasteiger partial charge in [-0.2, -0.15) is 0 Å². The summed E-state index contributed by atoms with van der Waals surface area (Å²) in [6.45, 7) is 9.75. The van der Waals surface area contributed by atoms with E-state index in [-0.39, 0.29) is 5.91 Å². The zero-order valence-electron chi connectivity index (χ0n) is 18.7. The largest absolute Gasteiger partial charge is 0.358 e. The maximum absolute atomic E-state index is 12.8. The number of nitrogens with one attached hydrogen (secondary N) is 2. The van der Waals surface area contributed by atoms with Crippen LogP contribution in [0.25, 0.3) is 10.9 Å². The summed E-state index contributed by atoms with van der Waals surface area (Å²) in [6, 6.07) is 14.5. The highest BCUT2D eigenvalue weighted by molar-refractivity contribution is 7.99. The average molecular weight is 424 g/mol. The summed E-state index contributed by atoms with van der Waals surface area (Å²) in [5, 5.41) is 4.29. The zero-order valence-corrected chi connectivity index (χ0v) is 19.5. The Morgan fingerprint density at radius 1 is 1.17 bits per heavy atom. The van der Waals surface area contributed by atoms with Gasteiger partial charge in [-0.05, 0) is 81.5 Å². The minimum absolute atomic E-state index is 0.0692. The van der Waals surface area contributed by atoms with Crippen molar-refractivity contribution in [3.8, 4) is 0 Å². The van der Waals surface area contributed by atoms with E-state index in [1.54, 1.807) is 11.8 Å². The van der Waals surface area contributed by atoms with Crippen LogP contribution >= 0.6 is 11.8 Å². The second-order valence-electron chi connectivity index (χ2n) is 7.94. The van der Waals surface area contributed by atoms with Crippen molar-refractivity contribution in [1.82, 2.24) is 9.88 Å². The van der Waals surface area contributed by atoms with Crippen LogP contribution in [-0.4, -0.2) is 41.2 Å². The summed E-state index contributed by atoms with van der Waals surface area (Å²) in [6.07, 6.45) is 1.96. The molecule has 4 nitrogen and oxygen atoms in total. The van der Waals surface area contributed by atoms with Gasteiger partial charge in [0.2, 0.25) is 0 Å². The lowest BCUT2D eigenvalue weighted by atomic mass is 10.0. The van der Waals surface area contributed by atoms with Crippen molar-refractivity contribution in [3.05, 3.63) is 59.3 Å². The van der Waals surface area contributed by atoms with Gasteiger partial charge in [0.1, 0.15) is 0 Å². The molecule has 0 fully saturated rings. The summed E-state index contributed by atoms with van der Waals surface area (Å²) >= 11 is 1.74. The van der Waals surface area contributed by atoms with Gasteiger partial charge in [-0.1, -0.05) is 19.9 Å². The molecule has 5 heteroatoms.